The van der Waals surface area contributed by atoms with Crippen LogP contribution in [0.3, 0.4) is 0 Å². The summed E-state index contributed by atoms with van der Waals surface area (Å²) in [4.78, 5) is 12.3. The van der Waals surface area contributed by atoms with Crippen LogP contribution in [0.1, 0.15) is 34.5 Å². The SMILES string of the molecule is CCOc1cc(C=O)ccc1OCC#C[C@H]1c2c(cc3c(c2OC)OCO3)CC[NH+]1C. The van der Waals surface area contributed by atoms with E-state index in [1.807, 2.05) is 13.0 Å². The van der Waals surface area contributed by atoms with Crippen molar-refractivity contribution in [3.63, 3.8) is 0 Å². The number of carbonyl (C=O) groups is 1. The summed E-state index contributed by atoms with van der Waals surface area (Å²) in [6.07, 6.45) is 1.70. The molecule has 0 aliphatic carbocycles. The number of hydrogen-bond acceptors (Lipinski definition) is 6. The van der Waals surface area contributed by atoms with E-state index in [-0.39, 0.29) is 19.4 Å². The summed E-state index contributed by atoms with van der Waals surface area (Å²) in [6, 6.07) is 7.07. The average molecular weight is 424 g/mol. The number of likely N-dealkylation sites (N-methyl/N-ethyl adjacent to an activating group) is 1. The first-order valence-corrected chi connectivity index (χ1v) is 10.3. The van der Waals surface area contributed by atoms with Crippen LogP contribution in [-0.2, 0) is 6.42 Å². The molecule has 0 fully saturated rings. The highest BCUT2D eigenvalue weighted by atomic mass is 16.7. The highest BCUT2D eigenvalue weighted by Gasteiger charge is 2.35. The number of nitrogens with one attached hydrogen (secondary N) is 1. The molecule has 0 radical (unpaired) electrons. The van der Waals surface area contributed by atoms with Gasteiger partial charge in [-0.2, -0.15) is 0 Å². The summed E-state index contributed by atoms with van der Waals surface area (Å²) < 4.78 is 28.3. The van der Waals surface area contributed by atoms with E-state index in [1.165, 1.54) is 10.5 Å². The second-order valence-electron chi connectivity index (χ2n) is 7.36. The maximum Gasteiger partial charge on any atom is 0.231 e. The van der Waals surface area contributed by atoms with Gasteiger partial charge in [0.15, 0.2) is 29.0 Å². The summed E-state index contributed by atoms with van der Waals surface area (Å²) in [6.45, 7) is 3.72. The predicted molar refractivity (Wildman–Crippen MR) is 114 cm³/mol. The summed E-state index contributed by atoms with van der Waals surface area (Å²) >= 11 is 0. The van der Waals surface area contributed by atoms with Crippen molar-refractivity contribution in [2.45, 2.75) is 19.4 Å². The van der Waals surface area contributed by atoms with Crippen LogP contribution in [0.25, 0.3) is 0 Å². The van der Waals surface area contributed by atoms with Crippen molar-refractivity contribution in [2.75, 3.05) is 40.7 Å². The molecule has 2 atom stereocenters. The third-order valence-electron chi connectivity index (χ3n) is 5.47. The van der Waals surface area contributed by atoms with Gasteiger partial charge in [-0.25, -0.2) is 0 Å². The number of fused-ring (bicyclic) bond motifs is 2. The lowest BCUT2D eigenvalue weighted by Crippen LogP contribution is -3.10. The quantitative estimate of drug-likeness (QED) is 0.564. The van der Waals surface area contributed by atoms with Gasteiger partial charge in [-0.1, -0.05) is 5.92 Å². The van der Waals surface area contributed by atoms with Crippen molar-refractivity contribution >= 4 is 6.29 Å². The lowest BCUT2D eigenvalue weighted by Gasteiger charge is -2.30. The van der Waals surface area contributed by atoms with Gasteiger partial charge in [0.1, 0.15) is 12.9 Å². The van der Waals surface area contributed by atoms with Crippen molar-refractivity contribution in [2.24, 2.45) is 0 Å². The Bertz CT molecular complexity index is 1040. The van der Waals surface area contributed by atoms with Gasteiger partial charge in [0.05, 0.1) is 32.9 Å². The van der Waals surface area contributed by atoms with Crippen molar-refractivity contribution < 1.29 is 33.4 Å². The Balaban J connectivity index is 1.56. The number of hydrogen-bond donors (Lipinski definition) is 1. The number of ether oxygens (including phenoxy) is 5. The van der Waals surface area contributed by atoms with E-state index in [0.29, 0.717) is 35.2 Å². The standard InChI is InChI=1S/C24H25NO6/c1-4-28-20-12-16(14-26)7-8-19(20)29-11-5-6-18-22-17(9-10-25(18)2)13-21-23(24(22)27-3)31-15-30-21/h7-8,12-14,18H,4,9-11,15H2,1-3H3/p+1/t18-/m0/s1. The van der Waals surface area contributed by atoms with Crippen LogP contribution < -0.4 is 28.6 Å². The summed E-state index contributed by atoms with van der Waals surface area (Å²) in [5, 5.41) is 0. The van der Waals surface area contributed by atoms with E-state index in [9.17, 15) is 4.79 Å². The Labute approximate surface area is 181 Å². The molecule has 2 aromatic rings. The first-order chi connectivity index (χ1) is 15.2. The van der Waals surface area contributed by atoms with Crippen LogP contribution in [-0.4, -0.2) is 47.0 Å². The number of methoxy groups -OCH3 is 1. The minimum atomic E-state index is -0.0689. The molecule has 2 aliphatic heterocycles. The molecule has 2 aromatic carbocycles. The zero-order valence-electron chi connectivity index (χ0n) is 17.9. The molecule has 31 heavy (non-hydrogen) atoms. The largest absolute Gasteiger partial charge is 0.492 e. The molecule has 0 bridgehead atoms. The molecule has 0 saturated heterocycles. The van der Waals surface area contributed by atoms with Gasteiger partial charge >= 0.3 is 0 Å². The number of rotatable bonds is 6. The van der Waals surface area contributed by atoms with Crippen molar-refractivity contribution in [1.29, 1.82) is 0 Å². The van der Waals surface area contributed by atoms with E-state index in [1.54, 1.807) is 25.3 Å². The molecule has 1 N–H and O–H groups in total. The fourth-order valence-electron chi connectivity index (χ4n) is 3.96. The summed E-state index contributed by atoms with van der Waals surface area (Å²) in [5.41, 5.74) is 2.76. The molecule has 7 heteroatoms. The topological polar surface area (TPSA) is 67.7 Å². The van der Waals surface area contributed by atoms with Crippen LogP contribution in [0.5, 0.6) is 28.7 Å². The fraction of sp³-hybridized carbons (Fsp3) is 0.375. The summed E-state index contributed by atoms with van der Waals surface area (Å²) in [7, 11) is 3.77. The van der Waals surface area contributed by atoms with E-state index in [4.69, 9.17) is 23.7 Å². The molecule has 0 amide bonds. The van der Waals surface area contributed by atoms with Gasteiger partial charge in [-0.15, -0.1) is 0 Å². The second-order valence-corrected chi connectivity index (χ2v) is 7.36. The molecule has 162 valence electrons. The van der Waals surface area contributed by atoms with E-state index < -0.39 is 0 Å². The number of carbonyl (C=O) groups excluding carboxylic acids is 1. The molecule has 7 nitrogen and oxygen atoms in total. The Hall–Kier alpha value is -3.37. The average Bonchev–Trinajstić information content (AvgIpc) is 3.25. The van der Waals surface area contributed by atoms with Gasteiger partial charge < -0.3 is 28.6 Å². The van der Waals surface area contributed by atoms with Crippen LogP contribution in [0.4, 0.5) is 0 Å². The molecule has 1 unspecified atom stereocenters. The molecule has 2 heterocycles. The van der Waals surface area contributed by atoms with E-state index >= 15 is 0 Å². The van der Waals surface area contributed by atoms with Crippen molar-refractivity contribution in [3.8, 4) is 40.6 Å². The van der Waals surface area contributed by atoms with Gasteiger partial charge in [0.25, 0.3) is 0 Å². The Morgan fingerprint density at radius 1 is 1.23 bits per heavy atom. The molecular formula is C24H26NO6+. The third-order valence-corrected chi connectivity index (χ3v) is 5.47. The van der Waals surface area contributed by atoms with Gasteiger partial charge in [-0.3, -0.25) is 4.79 Å². The van der Waals surface area contributed by atoms with Crippen LogP contribution in [0.2, 0.25) is 0 Å². The number of aldehydes is 1. The minimum Gasteiger partial charge on any atom is -0.492 e. The van der Waals surface area contributed by atoms with Crippen molar-refractivity contribution in [3.05, 3.63) is 41.0 Å². The highest BCUT2D eigenvalue weighted by Crippen LogP contribution is 2.47. The van der Waals surface area contributed by atoms with Crippen LogP contribution in [0.15, 0.2) is 24.3 Å². The maximum absolute atomic E-state index is 11.0. The molecule has 0 aromatic heterocycles. The molecule has 4 rings (SSSR count). The minimum absolute atomic E-state index is 0.0689. The smallest absolute Gasteiger partial charge is 0.231 e. The fourth-order valence-corrected chi connectivity index (χ4v) is 3.96. The number of benzene rings is 2. The van der Waals surface area contributed by atoms with Gasteiger partial charge in [0, 0.05) is 12.0 Å². The Morgan fingerprint density at radius 3 is 2.87 bits per heavy atom. The molecule has 0 spiro atoms. The van der Waals surface area contributed by atoms with Crippen LogP contribution >= 0.6 is 0 Å². The van der Waals surface area contributed by atoms with Gasteiger partial charge in [-0.05, 0) is 42.7 Å². The zero-order valence-corrected chi connectivity index (χ0v) is 17.9. The molecule has 0 saturated carbocycles. The molecule has 2 aliphatic rings. The third kappa shape index (κ3) is 4.12. The van der Waals surface area contributed by atoms with Crippen LogP contribution in [0, 0.1) is 11.8 Å². The normalized spacial score (nSPS) is 18.4. The highest BCUT2D eigenvalue weighted by molar-refractivity contribution is 5.76. The van der Waals surface area contributed by atoms with E-state index in [0.717, 1.165) is 30.6 Å². The molecular weight excluding hydrogens is 398 g/mol. The predicted octanol–water partition coefficient (Wildman–Crippen LogP) is 1.83. The van der Waals surface area contributed by atoms with Gasteiger partial charge in [0.2, 0.25) is 12.5 Å². The maximum atomic E-state index is 11.0. The lowest BCUT2D eigenvalue weighted by atomic mass is 9.91. The second kappa shape index (κ2) is 9.19. The lowest BCUT2D eigenvalue weighted by molar-refractivity contribution is -0.905. The Kier molecular flexibility index (Phi) is 6.19. The monoisotopic (exact) mass is 424 g/mol. The zero-order chi connectivity index (χ0) is 21.8. The first-order valence-electron chi connectivity index (χ1n) is 10.3. The van der Waals surface area contributed by atoms with E-state index in [2.05, 4.69) is 18.9 Å². The summed E-state index contributed by atoms with van der Waals surface area (Å²) in [5.74, 6) is 9.68. The Morgan fingerprint density at radius 2 is 2.10 bits per heavy atom. The number of quaternary nitrogens is 1. The van der Waals surface area contributed by atoms with Crippen molar-refractivity contribution in [1.82, 2.24) is 0 Å². The first kappa shape index (κ1) is 20.9.